The minimum atomic E-state index is -0.286. The lowest BCUT2D eigenvalue weighted by Gasteiger charge is -2.34. The van der Waals surface area contributed by atoms with Crippen molar-refractivity contribution in [3.8, 4) is 11.4 Å². The van der Waals surface area contributed by atoms with Gasteiger partial charge in [-0.1, -0.05) is 0 Å². The monoisotopic (exact) mass is 464 g/mol. The Morgan fingerprint density at radius 1 is 1.12 bits per heavy atom. The Morgan fingerprint density at radius 2 is 1.97 bits per heavy atom. The number of rotatable bonds is 4. The molecule has 8 nitrogen and oxygen atoms in total. The zero-order valence-corrected chi connectivity index (χ0v) is 19.4. The van der Waals surface area contributed by atoms with Gasteiger partial charge in [0.25, 0.3) is 5.56 Å². The fraction of sp³-hybridized carbons (Fsp3) is 0.417. The second-order valence-electron chi connectivity index (χ2n) is 9.25. The quantitative estimate of drug-likeness (QED) is 0.370. The molecular formula is C24H28N6O2S. The summed E-state index contributed by atoms with van der Waals surface area (Å²) in [6, 6.07) is 8.35. The van der Waals surface area contributed by atoms with Crippen LogP contribution in [-0.2, 0) is 0 Å². The maximum atomic E-state index is 13.2. The largest absolute Gasteiger partial charge is 0.393 e. The van der Waals surface area contributed by atoms with Gasteiger partial charge in [0.2, 0.25) is 0 Å². The van der Waals surface area contributed by atoms with E-state index in [0.29, 0.717) is 17.8 Å². The van der Waals surface area contributed by atoms with Gasteiger partial charge in [0.05, 0.1) is 33.0 Å². The molecule has 6 rings (SSSR count). The van der Waals surface area contributed by atoms with Crippen LogP contribution in [0.2, 0.25) is 0 Å². The number of aliphatic hydroxyl groups excluding tert-OH is 1. The van der Waals surface area contributed by atoms with Crippen LogP contribution in [0.25, 0.3) is 32.6 Å². The molecule has 1 aromatic carbocycles. The van der Waals surface area contributed by atoms with Gasteiger partial charge in [-0.05, 0) is 56.0 Å². The minimum absolute atomic E-state index is 0.138. The molecule has 1 saturated heterocycles. The molecule has 4 aromatic rings. The Kier molecular flexibility index (Phi) is 5.12. The highest BCUT2D eigenvalue weighted by Gasteiger charge is 2.26. The zero-order chi connectivity index (χ0) is 22.5. The Hall–Kier alpha value is -2.88. The number of piperazine rings is 1. The van der Waals surface area contributed by atoms with Crippen molar-refractivity contribution in [1.29, 1.82) is 0 Å². The number of benzene rings is 1. The molecule has 1 aliphatic carbocycles. The van der Waals surface area contributed by atoms with Crippen molar-refractivity contribution < 1.29 is 5.11 Å². The number of likely N-dealkylation sites (N-methyl/N-ethyl adjacent to an activating group) is 1. The number of imidazole rings is 1. The van der Waals surface area contributed by atoms with E-state index in [1.165, 1.54) is 5.69 Å². The fourth-order valence-electron chi connectivity index (χ4n) is 5.05. The van der Waals surface area contributed by atoms with Gasteiger partial charge in [-0.3, -0.25) is 4.79 Å². The van der Waals surface area contributed by atoms with E-state index in [1.807, 2.05) is 17.5 Å². The minimum Gasteiger partial charge on any atom is -0.393 e. The summed E-state index contributed by atoms with van der Waals surface area (Å²) >= 11 is 1.60. The van der Waals surface area contributed by atoms with Crippen LogP contribution >= 0.6 is 11.3 Å². The van der Waals surface area contributed by atoms with Crippen LogP contribution in [0, 0.1) is 0 Å². The molecule has 9 heteroatoms. The molecule has 2 atom stereocenters. The summed E-state index contributed by atoms with van der Waals surface area (Å²) in [6.07, 6.45) is 2.07. The van der Waals surface area contributed by atoms with Crippen LogP contribution in [0.3, 0.4) is 0 Å². The van der Waals surface area contributed by atoms with Crippen molar-refractivity contribution >= 4 is 44.0 Å². The molecule has 3 aromatic heterocycles. The van der Waals surface area contributed by atoms with E-state index in [1.54, 1.807) is 11.3 Å². The second kappa shape index (κ2) is 8.16. The van der Waals surface area contributed by atoms with Crippen molar-refractivity contribution in [2.75, 3.05) is 43.4 Å². The van der Waals surface area contributed by atoms with Crippen molar-refractivity contribution in [2.45, 2.75) is 31.4 Å². The van der Waals surface area contributed by atoms with Crippen molar-refractivity contribution in [2.24, 2.45) is 0 Å². The number of hydrogen-bond donors (Lipinski definition) is 4. The summed E-state index contributed by atoms with van der Waals surface area (Å²) in [5.41, 5.74) is 4.94. The topological polar surface area (TPSA) is 100 Å². The third-order valence-corrected chi connectivity index (χ3v) is 7.87. The van der Waals surface area contributed by atoms with Gasteiger partial charge >= 0.3 is 0 Å². The summed E-state index contributed by atoms with van der Waals surface area (Å²) in [6.45, 7) is 4.10. The maximum absolute atomic E-state index is 13.2. The summed E-state index contributed by atoms with van der Waals surface area (Å²) in [5, 5.41) is 15.6. The van der Waals surface area contributed by atoms with E-state index in [0.717, 1.165) is 66.0 Å². The number of aromatic amines is 2. The molecule has 0 unspecified atom stereocenters. The number of H-pyrrole nitrogens is 2. The van der Waals surface area contributed by atoms with Crippen LogP contribution < -0.4 is 15.8 Å². The van der Waals surface area contributed by atoms with Gasteiger partial charge in [0.1, 0.15) is 11.4 Å². The molecule has 0 bridgehead atoms. The molecule has 172 valence electrons. The first-order chi connectivity index (χ1) is 16.0. The standard InChI is InChI=1S/C24H28N6O2S/c1-29-7-9-30(10-8-29)15-3-5-17-19(13-15)27-23(26-17)20-21(25-14-2-4-16(31)12-14)22-18(6-11-33-22)28-24(20)32/h3,5-6,11,13-14,16,31H,2,4,7-10,12H2,1H3,(H,26,27)(H2,25,28,32)/t14-,16+/m1/s1. The number of nitrogens with one attached hydrogen (secondary N) is 3. The molecule has 2 fully saturated rings. The lowest BCUT2D eigenvalue weighted by atomic mass is 10.1. The SMILES string of the molecule is CN1CCN(c2ccc3nc(-c4c(N[C@@H]5CC[C@H](O)C5)c5sccc5[nH]c4=O)[nH]c3c2)CC1. The average Bonchev–Trinajstić information content (AvgIpc) is 3.53. The number of aliphatic hydroxyl groups is 1. The van der Waals surface area contributed by atoms with Gasteiger partial charge in [-0.25, -0.2) is 4.98 Å². The highest BCUT2D eigenvalue weighted by Crippen LogP contribution is 2.36. The van der Waals surface area contributed by atoms with Crippen LogP contribution in [-0.4, -0.2) is 70.3 Å². The van der Waals surface area contributed by atoms with E-state index in [4.69, 9.17) is 4.98 Å². The highest BCUT2D eigenvalue weighted by atomic mass is 32.1. The molecule has 33 heavy (non-hydrogen) atoms. The smallest absolute Gasteiger partial charge is 0.261 e. The number of thiophene rings is 1. The number of pyridine rings is 1. The lowest BCUT2D eigenvalue weighted by molar-refractivity contribution is 0.182. The third kappa shape index (κ3) is 3.80. The Balaban J connectivity index is 1.42. The number of fused-ring (bicyclic) bond motifs is 2. The lowest BCUT2D eigenvalue weighted by Crippen LogP contribution is -2.44. The first kappa shape index (κ1) is 20.7. The number of aromatic nitrogens is 3. The molecule has 0 amide bonds. The second-order valence-corrected chi connectivity index (χ2v) is 10.2. The van der Waals surface area contributed by atoms with Gasteiger partial charge in [0, 0.05) is 37.9 Å². The van der Waals surface area contributed by atoms with E-state index >= 15 is 0 Å². The Labute approximate surface area is 195 Å². The van der Waals surface area contributed by atoms with E-state index in [9.17, 15) is 9.90 Å². The van der Waals surface area contributed by atoms with E-state index in [2.05, 4.69) is 44.3 Å². The summed E-state index contributed by atoms with van der Waals surface area (Å²) in [7, 11) is 2.15. The van der Waals surface area contributed by atoms with Gasteiger partial charge in [0.15, 0.2) is 0 Å². The van der Waals surface area contributed by atoms with Gasteiger partial charge in [-0.15, -0.1) is 11.3 Å². The normalized spacial score (nSPS) is 21.9. The first-order valence-electron chi connectivity index (χ1n) is 11.6. The van der Waals surface area contributed by atoms with Crippen LogP contribution in [0.15, 0.2) is 34.4 Å². The molecule has 1 saturated carbocycles. The summed E-state index contributed by atoms with van der Waals surface area (Å²) in [4.78, 5) is 29.2. The first-order valence-corrected chi connectivity index (χ1v) is 12.4. The number of hydrogen-bond acceptors (Lipinski definition) is 7. The molecule has 0 radical (unpaired) electrons. The van der Waals surface area contributed by atoms with Crippen molar-refractivity contribution in [1.82, 2.24) is 19.9 Å². The predicted molar refractivity (Wildman–Crippen MR) is 135 cm³/mol. The summed E-state index contributed by atoms with van der Waals surface area (Å²) in [5.74, 6) is 0.568. The van der Waals surface area contributed by atoms with Gasteiger partial charge in [-0.2, -0.15) is 0 Å². The third-order valence-electron chi connectivity index (χ3n) is 6.94. The predicted octanol–water partition coefficient (Wildman–Crippen LogP) is 3.21. The van der Waals surface area contributed by atoms with Crippen LogP contribution in [0.1, 0.15) is 19.3 Å². The average molecular weight is 465 g/mol. The highest BCUT2D eigenvalue weighted by molar-refractivity contribution is 7.17. The van der Waals surface area contributed by atoms with Crippen molar-refractivity contribution in [3.63, 3.8) is 0 Å². The van der Waals surface area contributed by atoms with Crippen LogP contribution in [0.5, 0.6) is 0 Å². The Morgan fingerprint density at radius 3 is 2.76 bits per heavy atom. The van der Waals surface area contributed by atoms with E-state index < -0.39 is 0 Å². The maximum Gasteiger partial charge on any atom is 0.261 e. The summed E-state index contributed by atoms with van der Waals surface area (Å²) < 4.78 is 1.00. The fourth-order valence-corrected chi connectivity index (χ4v) is 5.91. The molecule has 0 spiro atoms. The zero-order valence-electron chi connectivity index (χ0n) is 18.6. The van der Waals surface area contributed by atoms with E-state index in [-0.39, 0.29) is 17.7 Å². The van der Waals surface area contributed by atoms with Crippen LogP contribution in [0.4, 0.5) is 11.4 Å². The number of nitrogens with zero attached hydrogens (tertiary/aromatic N) is 3. The van der Waals surface area contributed by atoms with Crippen molar-refractivity contribution in [3.05, 3.63) is 40.0 Å². The Bertz CT molecular complexity index is 1370. The molecule has 4 N–H and O–H groups in total. The molecule has 4 heterocycles. The molecule has 1 aliphatic heterocycles. The van der Waals surface area contributed by atoms with Gasteiger partial charge < -0.3 is 30.2 Å². The molecular weight excluding hydrogens is 436 g/mol. The number of anilines is 2. The molecule has 2 aliphatic rings.